The standard InChI is InChI=1S/C27H23FN6O/c28-20-15-16(4-11-23(20)35)21-9-10-22-26(32-21)34(25(33-22)19-3-1-14-31-24(19)29)18-7-5-17(6-8-18)27(30)12-2-13-27/h1,3-11,14-15,35H,2,12-13,30H2,(H2,29,31). The molecule has 8 heteroatoms. The van der Waals surface area contributed by atoms with Crippen molar-refractivity contribution >= 4 is 17.0 Å². The number of phenols is 1. The zero-order valence-electron chi connectivity index (χ0n) is 18.8. The van der Waals surface area contributed by atoms with Gasteiger partial charge in [-0.1, -0.05) is 12.1 Å². The number of nitrogens with two attached hydrogens (primary N) is 2. The van der Waals surface area contributed by atoms with Gasteiger partial charge in [0.05, 0.1) is 11.3 Å². The van der Waals surface area contributed by atoms with Crippen LogP contribution in [0, 0.1) is 5.82 Å². The lowest BCUT2D eigenvalue weighted by Gasteiger charge is -2.38. The highest BCUT2D eigenvalue weighted by Crippen LogP contribution is 2.39. The van der Waals surface area contributed by atoms with Crippen molar-refractivity contribution in [1.82, 2.24) is 19.5 Å². The average molecular weight is 467 g/mol. The fourth-order valence-corrected chi connectivity index (χ4v) is 4.60. The number of nitrogens with zero attached hydrogens (tertiary/aromatic N) is 4. The number of hydrogen-bond acceptors (Lipinski definition) is 6. The molecule has 3 heterocycles. The lowest BCUT2D eigenvalue weighted by Crippen LogP contribution is -2.43. The molecule has 0 atom stereocenters. The predicted octanol–water partition coefficient (Wildman–Crippen LogP) is 4.91. The highest BCUT2D eigenvalue weighted by atomic mass is 19.1. The van der Waals surface area contributed by atoms with Gasteiger partial charge in [0.15, 0.2) is 23.0 Å². The van der Waals surface area contributed by atoms with Crippen LogP contribution in [0.4, 0.5) is 10.2 Å². The first kappa shape index (κ1) is 21.2. The molecular formula is C27H23FN6O. The van der Waals surface area contributed by atoms with Gasteiger partial charge in [-0.05, 0) is 79.4 Å². The molecule has 0 amide bonds. The van der Waals surface area contributed by atoms with Gasteiger partial charge in [-0.15, -0.1) is 0 Å². The minimum absolute atomic E-state index is 0.263. The van der Waals surface area contributed by atoms with Gasteiger partial charge < -0.3 is 16.6 Å². The summed E-state index contributed by atoms with van der Waals surface area (Å²) >= 11 is 0. The van der Waals surface area contributed by atoms with Crippen LogP contribution in [-0.2, 0) is 5.54 Å². The Morgan fingerprint density at radius 2 is 1.77 bits per heavy atom. The molecule has 3 aromatic heterocycles. The quantitative estimate of drug-likeness (QED) is 0.346. The first-order valence-corrected chi connectivity index (χ1v) is 11.4. The van der Waals surface area contributed by atoms with Crippen LogP contribution in [0.25, 0.3) is 39.5 Å². The number of halogens is 1. The van der Waals surface area contributed by atoms with Crippen LogP contribution in [-0.4, -0.2) is 24.6 Å². The van der Waals surface area contributed by atoms with E-state index in [1.807, 2.05) is 34.9 Å². The molecule has 35 heavy (non-hydrogen) atoms. The van der Waals surface area contributed by atoms with Crippen LogP contribution in [0.3, 0.4) is 0 Å². The zero-order valence-corrected chi connectivity index (χ0v) is 18.8. The first-order chi connectivity index (χ1) is 16.9. The molecular weight excluding hydrogens is 443 g/mol. The molecule has 1 fully saturated rings. The molecule has 1 saturated carbocycles. The average Bonchev–Trinajstić information content (AvgIpc) is 3.23. The van der Waals surface area contributed by atoms with Gasteiger partial charge in [0, 0.05) is 23.0 Å². The molecule has 1 aliphatic carbocycles. The van der Waals surface area contributed by atoms with Crippen molar-refractivity contribution in [1.29, 1.82) is 0 Å². The van der Waals surface area contributed by atoms with E-state index in [0.29, 0.717) is 39.6 Å². The van der Waals surface area contributed by atoms with Crippen LogP contribution in [0.2, 0.25) is 0 Å². The number of fused-ring (bicyclic) bond motifs is 1. The number of benzene rings is 2. The van der Waals surface area contributed by atoms with E-state index in [1.54, 1.807) is 18.3 Å². The topological polar surface area (TPSA) is 116 Å². The summed E-state index contributed by atoms with van der Waals surface area (Å²) in [7, 11) is 0. The summed E-state index contributed by atoms with van der Waals surface area (Å²) in [6.45, 7) is 0. The molecule has 7 nitrogen and oxygen atoms in total. The van der Waals surface area contributed by atoms with Gasteiger partial charge in [-0.2, -0.15) is 0 Å². The third kappa shape index (κ3) is 3.50. The van der Waals surface area contributed by atoms with Crippen LogP contribution >= 0.6 is 0 Å². The molecule has 5 aromatic rings. The molecule has 6 rings (SSSR count). The molecule has 0 saturated heterocycles. The van der Waals surface area contributed by atoms with Crippen LogP contribution in [0.1, 0.15) is 24.8 Å². The highest BCUT2D eigenvalue weighted by molar-refractivity contribution is 5.84. The van der Waals surface area contributed by atoms with Gasteiger partial charge in [0.1, 0.15) is 11.3 Å². The van der Waals surface area contributed by atoms with E-state index >= 15 is 0 Å². The van der Waals surface area contributed by atoms with E-state index in [0.717, 1.165) is 30.5 Å². The lowest BCUT2D eigenvalue weighted by molar-refractivity contribution is 0.253. The van der Waals surface area contributed by atoms with Crippen molar-refractivity contribution in [2.75, 3.05) is 5.73 Å². The monoisotopic (exact) mass is 466 g/mol. The van der Waals surface area contributed by atoms with E-state index in [1.165, 1.54) is 12.1 Å². The Balaban J connectivity index is 1.56. The van der Waals surface area contributed by atoms with Crippen LogP contribution in [0.5, 0.6) is 5.75 Å². The number of hydrogen-bond donors (Lipinski definition) is 3. The zero-order chi connectivity index (χ0) is 24.2. The van der Waals surface area contributed by atoms with Crippen LogP contribution in [0.15, 0.2) is 72.9 Å². The second-order valence-corrected chi connectivity index (χ2v) is 8.97. The number of aromatic hydroxyl groups is 1. The molecule has 0 spiro atoms. The summed E-state index contributed by atoms with van der Waals surface area (Å²) in [6, 6.07) is 19.6. The smallest absolute Gasteiger partial charge is 0.165 e. The van der Waals surface area contributed by atoms with Crippen molar-refractivity contribution < 1.29 is 9.50 Å². The molecule has 174 valence electrons. The van der Waals surface area contributed by atoms with Crippen molar-refractivity contribution in [3.05, 3.63) is 84.3 Å². The molecule has 1 aliphatic rings. The second-order valence-electron chi connectivity index (χ2n) is 8.97. The molecule has 0 unspecified atom stereocenters. The van der Waals surface area contributed by atoms with Gasteiger partial charge in [0.2, 0.25) is 0 Å². The number of rotatable bonds is 4. The number of anilines is 1. The van der Waals surface area contributed by atoms with E-state index in [9.17, 15) is 9.50 Å². The molecule has 0 aliphatic heterocycles. The Hall–Kier alpha value is -4.30. The number of pyridine rings is 2. The Kier molecular flexibility index (Phi) is 4.79. The fraction of sp³-hybridized carbons (Fsp3) is 0.148. The Morgan fingerprint density at radius 1 is 0.971 bits per heavy atom. The third-order valence-corrected chi connectivity index (χ3v) is 6.77. The summed E-state index contributed by atoms with van der Waals surface area (Å²) in [5.74, 6) is -0.148. The highest BCUT2D eigenvalue weighted by Gasteiger charge is 2.34. The maximum Gasteiger partial charge on any atom is 0.165 e. The molecule has 0 radical (unpaired) electrons. The number of phenolic OH excluding ortho intramolecular Hbond substituents is 1. The summed E-state index contributed by atoms with van der Waals surface area (Å²) in [4.78, 5) is 13.9. The van der Waals surface area contributed by atoms with Crippen molar-refractivity contribution in [3.8, 4) is 34.1 Å². The van der Waals surface area contributed by atoms with Gasteiger partial charge in [0.25, 0.3) is 0 Å². The lowest BCUT2D eigenvalue weighted by atomic mass is 9.73. The maximum absolute atomic E-state index is 14.0. The van der Waals surface area contributed by atoms with Crippen LogP contribution < -0.4 is 11.5 Å². The van der Waals surface area contributed by atoms with Gasteiger partial charge >= 0.3 is 0 Å². The van der Waals surface area contributed by atoms with E-state index < -0.39 is 11.6 Å². The third-order valence-electron chi connectivity index (χ3n) is 6.77. The van der Waals surface area contributed by atoms with Gasteiger partial charge in [-0.3, -0.25) is 4.57 Å². The number of imidazole rings is 1. The summed E-state index contributed by atoms with van der Waals surface area (Å²) < 4.78 is 16.0. The van der Waals surface area contributed by atoms with E-state index in [2.05, 4.69) is 17.1 Å². The Morgan fingerprint density at radius 3 is 2.46 bits per heavy atom. The number of nitrogen functional groups attached to an aromatic ring is 1. The van der Waals surface area contributed by atoms with E-state index in [4.69, 9.17) is 21.4 Å². The first-order valence-electron chi connectivity index (χ1n) is 11.4. The van der Waals surface area contributed by atoms with Gasteiger partial charge in [-0.25, -0.2) is 19.3 Å². The molecule has 2 aromatic carbocycles. The Bertz CT molecular complexity index is 1570. The second kappa shape index (κ2) is 7.89. The van der Waals surface area contributed by atoms with Crippen molar-refractivity contribution in [2.45, 2.75) is 24.8 Å². The SMILES string of the molecule is Nc1ncccc1-c1nc2ccc(-c3ccc(O)c(F)c3)nc2n1-c1ccc(C2(N)CCC2)cc1. The molecule has 5 N–H and O–H groups in total. The largest absolute Gasteiger partial charge is 0.505 e. The number of aromatic nitrogens is 4. The minimum Gasteiger partial charge on any atom is -0.505 e. The summed E-state index contributed by atoms with van der Waals surface area (Å²) in [6.07, 6.45) is 4.73. The summed E-state index contributed by atoms with van der Waals surface area (Å²) in [5.41, 5.74) is 17.5. The Labute approximate surface area is 200 Å². The molecule has 0 bridgehead atoms. The van der Waals surface area contributed by atoms with Crippen molar-refractivity contribution in [3.63, 3.8) is 0 Å². The van der Waals surface area contributed by atoms with E-state index in [-0.39, 0.29) is 5.54 Å². The maximum atomic E-state index is 14.0. The normalized spacial score (nSPS) is 14.7. The minimum atomic E-state index is -0.705. The predicted molar refractivity (Wildman–Crippen MR) is 133 cm³/mol. The van der Waals surface area contributed by atoms with Crippen molar-refractivity contribution in [2.24, 2.45) is 5.73 Å². The summed E-state index contributed by atoms with van der Waals surface area (Å²) in [5, 5.41) is 9.58. The fourth-order valence-electron chi connectivity index (χ4n) is 4.60.